The molecule has 3 rings (SSSR count). The lowest BCUT2D eigenvalue weighted by molar-refractivity contribution is 0.139. The van der Waals surface area contributed by atoms with Crippen molar-refractivity contribution in [2.24, 2.45) is 16.8 Å². The zero-order valence-corrected chi connectivity index (χ0v) is 20.7. The molecule has 0 spiro atoms. The Hall–Kier alpha value is -1.09. The summed E-state index contributed by atoms with van der Waals surface area (Å²) < 4.78 is 0. The van der Waals surface area contributed by atoms with Gasteiger partial charge in [-0.3, -0.25) is 4.99 Å². The van der Waals surface area contributed by atoms with Crippen LogP contribution in [0, 0.1) is 11.8 Å². The van der Waals surface area contributed by atoms with E-state index in [9.17, 15) is 0 Å². The van der Waals surface area contributed by atoms with E-state index in [0.717, 1.165) is 56.3 Å². The second-order valence-corrected chi connectivity index (χ2v) is 8.55. The molecule has 29 heavy (non-hydrogen) atoms. The van der Waals surface area contributed by atoms with E-state index in [4.69, 9.17) is 0 Å². The second-order valence-electron chi connectivity index (χ2n) is 8.55. The molecule has 7 heteroatoms. The lowest BCUT2D eigenvalue weighted by atomic mass is 9.92. The summed E-state index contributed by atoms with van der Waals surface area (Å²) in [6.07, 6.45) is 5.72. The van der Waals surface area contributed by atoms with Crippen LogP contribution in [0.3, 0.4) is 0 Å². The molecule has 2 aliphatic rings. The third-order valence-electron chi connectivity index (χ3n) is 5.89. The summed E-state index contributed by atoms with van der Waals surface area (Å²) in [5, 5.41) is 3.57. The number of hydrogen-bond donors (Lipinski definition) is 1. The molecule has 0 bridgehead atoms. The van der Waals surface area contributed by atoms with Crippen molar-refractivity contribution in [2.75, 3.05) is 64.3 Å². The Morgan fingerprint density at radius 2 is 1.83 bits per heavy atom. The number of halogens is 1. The van der Waals surface area contributed by atoms with Crippen LogP contribution in [0.2, 0.25) is 0 Å². The maximum absolute atomic E-state index is 4.50. The average molecular weight is 515 g/mol. The molecule has 0 aliphatic carbocycles. The van der Waals surface area contributed by atoms with Crippen molar-refractivity contribution in [1.82, 2.24) is 20.1 Å². The Morgan fingerprint density at radius 1 is 1.10 bits per heavy atom. The molecule has 2 saturated heterocycles. The molecule has 3 heterocycles. The average Bonchev–Trinajstić information content (AvgIpc) is 2.71. The normalized spacial score (nSPS) is 23.6. The molecule has 2 fully saturated rings. The van der Waals surface area contributed by atoms with Crippen LogP contribution in [-0.4, -0.2) is 80.1 Å². The summed E-state index contributed by atoms with van der Waals surface area (Å²) in [5.41, 5.74) is 0. The Bertz CT molecular complexity index is 593. The molecule has 2 atom stereocenters. The first-order valence-corrected chi connectivity index (χ1v) is 11.0. The van der Waals surface area contributed by atoms with Crippen LogP contribution in [0.1, 0.15) is 33.1 Å². The molecule has 0 aromatic carbocycles. The van der Waals surface area contributed by atoms with E-state index in [0.29, 0.717) is 0 Å². The minimum absolute atomic E-state index is 0. The van der Waals surface area contributed by atoms with Crippen LogP contribution < -0.4 is 10.2 Å². The maximum Gasteiger partial charge on any atom is 0.193 e. The smallest absolute Gasteiger partial charge is 0.193 e. The van der Waals surface area contributed by atoms with E-state index in [2.05, 4.69) is 56.0 Å². The van der Waals surface area contributed by atoms with Gasteiger partial charge in [-0.05, 0) is 49.8 Å². The predicted octanol–water partition coefficient (Wildman–Crippen LogP) is 3.16. The molecule has 0 radical (unpaired) electrons. The number of unbranched alkanes of at least 4 members (excludes halogenated alkanes) is 1. The fourth-order valence-electron chi connectivity index (χ4n) is 4.66. The van der Waals surface area contributed by atoms with Gasteiger partial charge in [-0.1, -0.05) is 19.9 Å². The third kappa shape index (κ3) is 7.59. The fraction of sp³-hybridized carbons (Fsp3) is 0.727. The maximum atomic E-state index is 4.50. The van der Waals surface area contributed by atoms with E-state index in [1.807, 2.05) is 19.3 Å². The molecule has 1 N–H and O–H groups in total. The van der Waals surface area contributed by atoms with Gasteiger partial charge >= 0.3 is 0 Å². The number of piperidine rings is 1. The molecular weight excluding hydrogens is 475 g/mol. The van der Waals surface area contributed by atoms with Gasteiger partial charge in [-0.2, -0.15) is 0 Å². The van der Waals surface area contributed by atoms with Gasteiger partial charge in [0.25, 0.3) is 0 Å². The molecule has 1 aromatic rings. The Balaban J connectivity index is 0.00000300. The van der Waals surface area contributed by atoms with Crippen molar-refractivity contribution >= 4 is 35.8 Å². The van der Waals surface area contributed by atoms with Crippen LogP contribution >= 0.6 is 24.0 Å². The van der Waals surface area contributed by atoms with Gasteiger partial charge in [0, 0.05) is 59.1 Å². The molecule has 164 valence electrons. The number of pyridine rings is 1. The minimum Gasteiger partial charge on any atom is -0.356 e. The Kier molecular flexibility index (Phi) is 10.5. The SMILES string of the molecule is CN=C(NCCCCN1CC(C)CC(C)C1)N1CCN(c2ccccn2)CC1.I. The monoisotopic (exact) mass is 514 g/mol. The van der Waals surface area contributed by atoms with E-state index >= 15 is 0 Å². The highest BCUT2D eigenvalue weighted by Crippen LogP contribution is 2.21. The zero-order valence-electron chi connectivity index (χ0n) is 18.4. The number of nitrogens with one attached hydrogen (secondary N) is 1. The molecule has 6 nitrogen and oxygen atoms in total. The van der Waals surface area contributed by atoms with Gasteiger partial charge < -0.3 is 20.0 Å². The van der Waals surface area contributed by atoms with Gasteiger partial charge in [0.15, 0.2) is 5.96 Å². The number of guanidine groups is 1. The molecule has 2 aliphatic heterocycles. The van der Waals surface area contributed by atoms with Crippen molar-refractivity contribution < 1.29 is 0 Å². The predicted molar refractivity (Wildman–Crippen MR) is 133 cm³/mol. The summed E-state index contributed by atoms with van der Waals surface area (Å²) in [6, 6.07) is 6.12. The van der Waals surface area contributed by atoms with Crippen molar-refractivity contribution in [3.8, 4) is 0 Å². The summed E-state index contributed by atoms with van der Waals surface area (Å²) in [4.78, 5) is 16.3. The van der Waals surface area contributed by atoms with E-state index in [1.54, 1.807) is 0 Å². The van der Waals surface area contributed by atoms with E-state index < -0.39 is 0 Å². The van der Waals surface area contributed by atoms with Gasteiger partial charge in [0.1, 0.15) is 5.82 Å². The number of nitrogens with zero attached hydrogens (tertiary/aromatic N) is 5. The van der Waals surface area contributed by atoms with Crippen LogP contribution in [0.5, 0.6) is 0 Å². The number of likely N-dealkylation sites (tertiary alicyclic amines) is 1. The van der Waals surface area contributed by atoms with E-state index in [1.165, 1.54) is 38.9 Å². The first-order chi connectivity index (χ1) is 13.7. The largest absolute Gasteiger partial charge is 0.356 e. The summed E-state index contributed by atoms with van der Waals surface area (Å²) in [7, 11) is 1.89. The summed E-state index contributed by atoms with van der Waals surface area (Å²) >= 11 is 0. The lowest BCUT2D eigenvalue weighted by Crippen LogP contribution is -2.52. The number of piperazine rings is 1. The summed E-state index contributed by atoms with van der Waals surface area (Å²) in [5.74, 6) is 3.82. The van der Waals surface area contributed by atoms with Crippen LogP contribution in [-0.2, 0) is 0 Å². The molecule has 1 aromatic heterocycles. The number of aromatic nitrogens is 1. The van der Waals surface area contributed by atoms with Crippen molar-refractivity contribution in [1.29, 1.82) is 0 Å². The quantitative estimate of drug-likeness (QED) is 0.274. The van der Waals surface area contributed by atoms with Gasteiger partial charge in [-0.15, -0.1) is 24.0 Å². The second kappa shape index (κ2) is 12.6. The van der Waals surface area contributed by atoms with Crippen LogP contribution in [0.4, 0.5) is 5.82 Å². The van der Waals surface area contributed by atoms with E-state index in [-0.39, 0.29) is 24.0 Å². The number of hydrogen-bond acceptors (Lipinski definition) is 4. The minimum atomic E-state index is 0. The van der Waals surface area contributed by atoms with Crippen molar-refractivity contribution in [2.45, 2.75) is 33.1 Å². The number of aliphatic imine (C=N–C) groups is 1. The van der Waals surface area contributed by atoms with Gasteiger partial charge in [0.05, 0.1) is 0 Å². The van der Waals surface area contributed by atoms with Gasteiger partial charge in [0.2, 0.25) is 0 Å². The number of rotatable bonds is 6. The summed E-state index contributed by atoms with van der Waals surface area (Å²) in [6.45, 7) is 13.5. The number of anilines is 1. The highest BCUT2D eigenvalue weighted by Gasteiger charge is 2.22. The molecule has 0 saturated carbocycles. The van der Waals surface area contributed by atoms with Gasteiger partial charge in [-0.25, -0.2) is 4.98 Å². The standard InChI is InChI=1S/C22H38N6.HI/c1-19-16-20(2)18-26(17-19)11-7-6-10-25-22(23-3)28-14-12-27(13-15-28)21-8-4-5-9-24-21;/h4-5,8-9,19-20H,6-7,10-18H2,1-3H3,(H,23,25);1H. The topological polar surface area (TPSA) is 47.0 Å². The molecular formula is C22H39IN6. The molecule has 2 unspecified atom stereocenters. The first-order valence-electron chi connectivity index (χ1n) is 11.0. The highest BCUT2D eigenvalue weighted by molar-refractivity contribution is 14.0. The Labute approximate surface area is 194 Å². The molecule has 0 amide bonds. The Morgan fingerprint density at radius 3 is 2.45 bits per heavy atom. The lowest BCUT2D eigenvalue weighted by Gasteiger charge is -2.37. The van der Waals surface area contributed by atoms with Crippen molar-refractivity contribution in [3.05, 3.63) is 24.4 Å². The van der Waals surface area contributed by atoms with Crippen molar-refractivity contribution in [3.63, 3.8) is 0 Å². The first kappa shape index (κ1) is 24.2. The fourth-order valence-corrected chi connectivity index (χ4v) is 4.66. The zero-order chi connectivity index (χ0) is 19.8. The van der Waals surface area contributed by atoms with Crippen LogP contribution in [0.15, 0.2) is 29.4 Å². The highest BCUT2D eigenvalue weighted by atomic mass is 127. The third-order valence-corrected chi connectivity index (χ3v) is 5.89. The van der Waals surface area contributed by atoms with Crippen LogP contribution in [0.25, 0.3) is 0 Å².